The first-order chi connectivity index (χ1) is 7.28. The van der Waals surface area contributed by atoms with E-state index in [2.05, 4.69) is 0 Å². The van der Waals surface area contributed by atoms with E-state index in [9.17, 15) is 0 Å². The van der Waals surface area contributed by atoms with Crippen LogP contribution in [-0.2, 0) is 4.74 Å². The van der Waals surface area contributed by atoms with Crippen LogP contribution in [0.5, 0.6) is 0 Å². The van der Waals surface area contributed by atoms with Gasteiger partial charge in [-0.3, -0.25) is 0 Å². The van der Waals surface area contributed by atoms with E-state index in [1.165, 1.54) is 0 Å². The summed E-state index contributed by atoms with van der Waals surface area (Å²) in [7, 11) is 0. The van der Waals surface area contributed by atoms with Crippen LogP contribution in [0.2, 0.25) is 0 Å². The van der Waals surface area contributed by atoms with Gasteiger partial charge in [0.25, 0.3) is 0 Å². The third kappa shape index (κ3) is 8.88. The molecule has 0 aliphatic carbocycles. The Balaban J connectivity index is 3.93. The van der Waals surface area contributed by atoms with E-state index in [0.29, 0.717) is 23.5 Å². The highest BCUT2D eigenvalue weighted by Crippen LogP contribution is 2.15. The predicted octanol–water partition coefficient (Wildman–Crippen LogP) is 4.26. The molecule has 0 atom stereocenters. The molecule has 0 aliphatic rings. The topological polar surface area (TPSA) is 9.23 Å². The Labute approximate surface area is 112 Å². The van der Waals surface area contributed by atoms with Crippen molar-refractivity contribution in [2.24, 2.45) is 0 Å². The molecule has 0 aliphatic heterocycles. The summed E-state index contributed by atoms with van der Waals surface area (Å²) in [5, 5.41) is 0. The predicted molar refractivity (Wildman–Crippen MR) is 70.0 cm³/mol. The molecule has 0 aromatic rings. The zero-order chi connectivity index (χ0) is 11.5. The van der Waals surface area contributed by atoms with Crippen molar-refractivity contribution in [3.05, 3.63) is 0 Å². The SMILES string of the molecule is ClCCC(CCCl)OC(CCCl)CCCl. The van der Waals surface area contributed by atoms with Crippen LogP contribution in [0.25, 0.3) is 0 Å². The van der Waals surface area contributed by atoms with Crippen LogP contribution >= 0.6 is 46.4 Å². The quantitative estimate of drug-likeness (QED) is 0.547. The lowest BCUT2D eigenvalue weighted by atomic mass is 10.1. The van der Waals surface area contributed by atoms with Crippen LogP contribution in [0.15, 0.2) is 0 Å². The van der Waals surface area contributed by atoms with Crippen LogP contribution in [0.4, 0.5) is 0 Å². The Bertz CT molecular complexity index is 109. The molecule has 0 aromatic heterocycles. The summed E-state index contributed by atoms with van der Waals surface area (Å²) in [6.07, 6.45) is 3.59. The molecule has 1 nitrogen and oxygen atoms in total. The summed E-state index contributed by atoms with van der Waals surface area (Å²) in [6, 6.07) is 0. The van der Waals surface area contributed by atoms with Gasteiger partial charge in [0.15, 0.2) is 0 Å². The molecule has 0 saturated carbocycles. The van der Waals surface area contributed by atoms with E-state index < -0.39 is 0 Å². The van der Waals surface area contributed by atoms with Gasteiger partial charge in [0, 0.05) is 23.5 Å². The second kappa shape index (κ2) is 11.6. The van der Waals surface area contributed by atoms with Crippen molar-refractivity contribution in [3.63, 3.8) is 0 Å². The van der Waals surface area contributed by atoms with Gasteiger partial charge in [-0.15, -0.1) is 46.4 Å². The maximum atomic E-state index is 5.87. The van der Waals surface area contributed by atoms with Gasteiger partial charge in [-0.25, -0.2) is 0 Å². The maximum Gasteiger partial charge on any atom is 0.0601 e. The number of alkyl halides is 4. The average molecular weight is 296 g/mol. The van der Waals surface area contributed by atoms with E-state index in [4.69, 9.17) is 51.1 Å². The average Bonchev–Trinajstić information content (AvgIpc) is 2.19. The van der Waals surface area contributed by atoms with Gasteiger partial charge in [0.1, 0.15) is 0 Å². The number of hydrogen-bond acceptors (Lipinski definition) is 1. The number of halogens is 4. The Morgan fingerprint density at radius 1 is 0.600 bits per heavy atom. The molecule has 15 heavy (non-hydrogen) atoms. The van der Waals surface area contributed by atoms with Gasteiger partial charge in [-0.1, -0.05) is 0 Å². The largest absolute Gasteiger partial charge is 0.375 e. The van der Waals surface area contributed by atoms with Crippen molar-refractivity contribution < 1.29 is 4.74 Å². The zero-order valence-corrected chi connectivity index (χ0v) is 11.8. The lowest BCUT2D eigenvalue weighted by molar-refractivity contribution is -0.0171. The van der Waals surface area contributed by atoms with Gasteiger partial charge in [-0.2, -0.15) is 0 Å². The summed E-state index contributed by atoms with van der Waals surface area (Å²) in [5.41, 5.74) is 0. The van der Waals surface area contributed by atoms with Gasteiger partial charge in [0.2, 0.25) is 0 Å². The second-order valence-electron chi connectivity index (χ2n) is 3.29. The Morgan fingerprint density at radius 3 is 1.07 bits per heavy atom. The van der Waals surface area contributed by atoms with Gasteiger partial charge in [0.05, 0.1) is 12.2 Å². The first kappa shape index (κ1) is 16.1. The standard InChI is InChI=1S/C10H18Cl4O/c11-5-1-9(2-6-12)15-10(3-7-13)4-8-14/h9-10H,1-8H2. The molecule has 0 N–H and O–H groups in total. The minimum atomic E-state index is 0.136. The van der Waals surface area contributed by atoms with Crippen molar-refractivity contribution in [1.82, 2.24) is 0 Å². The molecule has 0 heterocycles. The minimum Gasteiger partial charge on any atom is -0.375 e. The molecule has 5 heteroatoms. The fourth-order valence-electron chi connectivity index (χ4n) is 1.32. The Hall–Kier alpha value is 1.12. The van der Waals surface area contributed by atoms with E-state index in [-0.39, 0.29) is 12.2 Å². The molecule has 0 radical (unpaired) electrons. The smallest absolute Gasteiger partial charge is 0.0601 e. The number of ether oxygens (including phenoxy) is 1. The highest BCUT2D eigenvalue weighted by Gasteiger charge is 2.15. The van der Waals surface area contributed by atoms with Crippen molar-refractivity contribution >= 4 is 46.4 Å². The van der Waals surface area contributed by atoms with Crippen molar-refractivity contribution in [2.45, 2.75) is 37.9 Å². The molecule has 0 spiro atoms. The molecule has 0 aromatic carbocycles. The first-order valence-electron chi connectivity index (χ1n) is 5.17. The maximum absolute atomic E-state index is 5.87. The zero-order valence-electron chi connectivity index (χ0n) is 8.73. The Morgan fingerprint density at radius 2 is 0.867 bits per heavy atom. The summed E-state index contributed by atoms with van der Waals surface area (Å²) < 4.78 is 5.87. The Kier molecular flexibility index (Phi) is 12.5. The summed E-state index contributed by atoms with van der Waals surface area (Å²) >= 11 is 22.8. The monoisotopic (exact) mass is 294 g/mol. The second-order valence-corrected chi connectivity index (χ2v) is 4.80. The summed E-state index contributed by atoms with van der Waals surface area (Å²) in [5.74, 6) is 2.37. The highest BCUT2D eigenvalue weighted by atomic mass is 35.5. The van der Waals surface area contributed by atoms with Gasteiger partial charge in [-0.05, 0) is 25.7 Å². The van der Waals surface area contributed by atoms with Crippen molar-refractivity contribution in [3.8, 4) is 0 Å². The van der Waals surface area contributed by atoms with Crippen LogP contribution in [0.3, 0.4) is 0 Å². The van der Waals surface area contributed by atoms with Crippen LogP contribution < -0.4 is 0 Å². The molecule has 0 fully saturated rings. The van der Waals surface area contributed by atoms with Crippen LogP contribution in [-0.4, -0.2) is 35.7 Å². The van der Waals surface area contributed by atoms with E-state index in [0.717, 1.165) is 25.7 Å². The van der Waals surface area contributed by atoms with Gasteiger partial charge >= 0.3 is 0 Å². The van der Waals surface area contributed by atoms with Crippen LogP contribution in [0, 0.1) is 0 Å². The fraction of sp³-hybridized carbons (Fsp3) is 1.00. The first-order valence-corrected chi connectivity index (χ1v) is 7.31. The summed E-state index contributed by atoms with van der Waals surface area (Å²) in [6.45, 7) is 0. The molecule has 92 valence electrons. The third-order valence-corrected chi connectivity index (χ3v) is 2.98. The lowest BCUT2D eigenvalue weighted by Crippen LogP contribution is -2.24. The van der Waals surface area contributed by atoms with Crippen molar-refractivity contribution in [1.29, 1.82) is 0 Å². The number of rotatable bonds is 10. The summed E-state index contributed by atoms with van der Waals surface area (Å²) in [4.78, 5) is 0. The van der Waals surface area contributed by atoms with Gasteiger partial charge < -0.3 is 4.74 Å². The molecule has 0 saturated heterocycles. The van der Waals surface area contributed by atoms with E-state index >= 15 is 0 Å². The highest BCUT2D eigenvalue weighted by molar-refractivity contribution is 6.18. The molecule has 0 amide bonds. The molecule has 0 bridgehead atoms. The number of hydrogen-bond donors (Lipinski definition) is 0. The van der Waals surface area contributed by atoms with E-state index in [1.54, 1.807) is 0 Å². The molecule has 0 rings (SSSR count). The van der Waals surface area contributed by atoms with Crippen molar-refractivity contribution in [2.75, 3.05) is 23.5 Å². The lowest BCUT2D eigenvalue weighted by Gasteiger charge is -2.23. The third-order valence-electron chi connectivity index (χ3n) is 2.11. The molecular formula is C10H18Cl4O. The van der Waals surface area contributed by atoms with Crippen LogP contribution in [0.1, 0.15) is 25.7 Å². The minimum absolute atomic E-state index is 0.136. The fourth-order valence-corrected chi connectivity index (χ4v) is 2.29. The normalized spacial score (nSPS) is 11.6. The molecular weight excluding hydrogens is 278 g/mol. The van der Waals surface area contributed by atoms with E-state index in [1.807, 2.05) is 0 Å². The molecule has 0 unspecified atom stereocenters.